The van der Waals surface area contributed by atoms with E-state index in [0.29, 0.717) is 9.92 Å². The van der Waals surface area contributed by atoms with E-state index in [1.165, 1.54) is 24.2 Å². The Morgan fingerprint density at radius 2 is 2.06 bits per heavy atom. The molecule has 7 heteroatoms. The second kappa shape index (κ2) is 5.27. The monoisotopic (exact) mass is 300 g/mol. The van der Waals surface area contributed by atoms with Crippen LogP contribution in [0.3, 0.4) is 0 Å². The lowest BCUT2D eigenvalue weighted by atomic mass is 10.4. The Morgan fingerprint density at radius 1 is 1.28 bits per heavy atom. The average molecular weight is 301 g/mol. The molecule has 18 heavy (non-hydrogen) atoms. The molecule has 0 aliphatic rings. The minimum atomic E-state index is -3.78. The van der Waals surface area contributed by atoms with Gasteiger partial charge in [0.15, 0.2) is 0 Å². The molecule has 2 N–H and O–H groups in total. The molecule has 1 heterocycles. The van der Waals surface area contributed by atoms with Crippen LogP contribution in [0.2, 0.25) is 5.02 Å². The molecule has 0 saturated carbocycles. The molecular weight excluding hydrogens is 292 g/mol. The highest BCUT2D eigenvalue weighted by molar-refractivity contribution is 8.00. The minimum Gasteiger partial charge on any atom is -0.263 e. The summed E-state index contributed by atoms with van der Waals surface area (Å²) in [6.45, 7) is 0. The lowest BCUT2D eigenvalue weighted by Gasteiger charge is -2.06. The van der Waals surface area contributed by atoms with Gasteiger partial charge in [0.05, 0.1) is 0 Å². The number of benzene rings is 1. The van der Waals surface area contributed by atoms with Crippen molar-refractivity contribution in [1.29, 1.82) is 0 Å². The maximum atomic E-state index is 11.4. The Labute approximate surface area is 114 Å². The van der Waals surface area contributed by atoms with Crippen molar-refractivity contribution in [3.05, 3.63) is 47.7 Å². The summed E-state index contributed by atoms with van der Waals surface area (Å²) in [7, 11) is -3.78. The van der Waals surface area contributed by atoms with Gasteiger partial charge >= 0.3 is 0 Å². The molecule has 0 spiro atoms. The molecule has 0 atom stereocenters. The van der Waals surface area contributed by atoms with Crippen LogP contribution in [0.15, 0.2) is 57.4 Å². The van der Waals surface area contributed by atoms with Crippen LogP contribution in [0, 0.1) is 0 Å². The molecule has 0 radical (unpaired) electrons. The van der Waals surface area contributed by atoms with Crippen molar-refractivity contribution in [2.24, 2.45) is 5.14 Å². The van der Waals surface area contributed by atoms with Crippen LogP contribution in [0.4, 0.5) is 0 Å². The Bertz CT molecular complexity index is 674. The SMILES string of the molecule is NS(=O)(=O)c1cnccc1Sc1cccc(Cl)c1. The first-order valence-electron chi connectivity index (χ1n) is 4.87. The van der Waals surface area contributed by atoms with E-state index in [0.717, 1.165) is 4.90 Å². The molecule has 1 aromatic heterocycles. The van der Waals surface area contributed by atoms with Crippen LogP contribution in [0.1, 0.15) is 0 Å². The second-order valence-electron chi connectivity index (χ2n) is 3.43. The fourth-order valence-corrected chi connectivity index (χ4v) is 3.48. The van der Waals surface area contributed by atoms with Gasteiger partial charge in [-0.3, -0.25) is 4.98 Å². The van der Waals surface area contributed by atoms with E-state index < -0.39 is 10.0 Å². The maximum absolute atomic E-state index is 11.4. The summed E-state index contributed by atoms with van der Waals surface area (Å²) in [6.07, 6.45) is 2.75. The predicted octanol–water partition coefficient (Wildman–Crippen LogP) is 2.53. The predicted molar refractivity (Wildman–Crippen MR) is 71.2 cm³/mol. The molecule has 0 amide bonds. The van der Waals surface area contributed by atoms with E-state index in [-0.39, 0.29) is 4.90 Å². The summed E-state index contributed by atoms with van der Waals surface area (Å²) >= 11 is 7.14. The van der Waals surface area contributed by atoms with E-state index in [9.17, 15) is 8.42 Å². The standard InChI is InChI=1S/C11H9ClN2O2S2/c12-8-2-1-3-9(6-8)17-10-4-5-14-7-11(10)18(13,15)16/h1-7H,(H2,13,15,16). The van der Waals surface area contributed by atoms with Gasteiger partial charge in [-0.25, -0.2) is 13.6 Å². The van der Waals surface area contributed by atoms with E-state index in [2.05, 4.69) is 4.98 Å². The summed E-state index contributed by atoms with van der Waals surface area (Å²) in [5.41, 5.74) is 0. The van der Waals surface area contributed by atoms with Crippen molar-refractivity contribution in [3.8, 4) is 0 Å². The highest BCUT2D eigenvalue weighted by Crippen LogP contribution is 2.32. The van der Waals surface area contributed by atoms with Crippen molar-refractivity contribution in [3.63, 3.8) is 0 Å². The molecule has 0 aliphatic heterocycles. The molecule has 2 rings (SSSR count). The fraction of sp³-hybridized carbons (Fsp3) is 0. The molecule has 4 nitrogen and oxygen atoms in total. The topological polar surface area (TPSA) is 73.1 Å². The van der Waals surface area contributed by atoms with Gasteiger partial charge in [0, 0.05) is 27.2 Å². The quantitative estimate of drug-likeness (QED) is 0.945. The van der Waals surface area contributed by atoms with E-state index in [1.807, 2.05) is 6.07 Å². The highest BCUT2D eigenvalue weighted by Gasteiger charge is 2.14. The molecule has 0 bridgehead atoms. The fourth-order valence-electron chi connectivity index (χ4n) is 1.32. The molecule has 94 valence electrons. The third-order valence-electron chi connectivity index (χ3n) is 2.08. The number of pyridine rings is 1. The second-order valence-corrected chi connectivity index (χ2v) is 6.51. The Morgan fingerprint density at radius 3 is 2.72 bits per heavy atom. The first-order valence-corrected chi connectivity index (χ1v) is 7.61. The lowest BCUT2D eigenvalue weighted by Crippen LogP contribution is -2.13. The largest absolute Gasteiger partial charge is 0.263 e. The maximum Gasteiger partial charge on any atom is 0.240 e. The molecule has 0 unspecified atom stereocenters. The summed E-state index contributed by atoms with van der Waals surface area (Å²) < 4.78 is 22.8. The summed E-state index contributed by atoms with van der Waals surface area (Å²) in [4.78, 5) is 5.14. The number of halogens is 1. The summed E-state index contributed by atoms with van der Waals surface area (Å²) in [5, 5.41) is 5.72. The zero-order valence-corrected chi connectivity index (χ0v) is 11.5. The third kappa shape index (κ3) is 3.23. The van der Waals surface area contributed by atoms with Gasteiger partial charge in [-0.15, -0.1) is 0 Å². The van der Waals surface area contributed by atoms with Crippen LogP contribution in [-0.4, -0.2) is 13.4 Å². The summed E-state index contributed by atoms with van der Waals surface area (Å²) in [6, 6.07) is 8.73. The number of nitrogens with zero attached hydrogens (tertiary/aromatic N) is 1. The average Bonchev–Trinajstić information content (AvgIpc) is 2.28. The Balaban J connectivity index is 2.41. The van der Waals surface area contributed by atoms with Gasteiger partial charge in [0.25, 0.3) is 0 Å². The van der Waals surface area contributed by atoms with Crippen molar-refractivity contribution in [2.75, 3.05) is 0 Å². The van der Waals surface area contributed by atoms with Crippen molar-refractivity contribution in [1.82, 2.24) is 4.98 Å². The number of sulfonamides is 1. The van der Waals surface area contributed by atoms with E-state index in [1.54, 1.807) is 24.3 Å². The summed E-state index contributed by atoms with van der Waals surface area (Å²) in [5.74, 6) is 0. The molecule has 2 aromatic rings. The van der Waals surface area contributed by atoms with E-state index >= 15 is 0 Å². The Kier molecular flexibility index (Phi) is 3.91. The number of primary sulfonamides is 1. The number of rotatable bonds is 3. The minimum absolute atomic E-state index is 0.00924. The van der Waals surface area contributed by atoms with Crippen LogP contribution in [0.25, 0.3) is 0 Å². The van der Waals surface area contributed by atoms with Crippen LogP contribution in [-0.2, 0) is 10.0 Å². The molecule has 0 aliphatic carbocycles. The number of nitrogens with two attached hydrogens (primary N) is 1. The molecule has 0 fully saturated rings. The van der Waals surface area contributed by atoms with Crippen LogP contribution >= 0.6 is 23.4 Å². The number of aromatic nitrogens is 1. The third-order valence-corrected chi connectivity index (χ3v) is 4.45. The number of hydrogen-bond acceptors (Lipinski definition) is 4. The molecule has 1 aromatic carbocycles. The first kappa shape index (κ1) is 13.4. The Hall–Kier alpha value is -1.08. The van der Waals surface area contributed by atoms with E-state index in [4.69, 9.17) is 16.7 Å². The van der Waals surface area contributed by atoms with Gasteiger partial charge in [-0.2, -0.15) is 0 Å². The van der Waals surface area contributed by atoms with Gasteiger partial charge in [0.2, 0.25) is 10.0 Å². The van der Waals surface area contributed by atoms with Gasteiger partial charge in [-0.05, 0) is 24.3 Å². The van der Waals surface area contributed by atoms with Gasteiger partial charge < -0.3 is 0 Å². The first-order chi connectivity index (χ1) is 8.47. The van der Waals surface area contributed by atoms with Gasteiger partial charge in [0.1, 0.15) is 4.90 Å². The number of hydrogen-bond donors (Lipinski definition) is 1. The van der Waals surface area contributed by atoms with Crippen LogP contribution in [0.5, 0.6) is 0 Å². The van der Waals surface area contributed by atoms with Crippen molar-refractivity contribution < 1.29 is 8.42 Å². The van der Waals surface area contributed by atoms with Crippen molar-refractivity contribution >= 4 is 33.4 Å². The molecule has 0 saturated heterocycles. The smallest absolute Gasteiger partial charge is 0.240 e. The van der Waals surface area contributed by atoms with Gasteiger partial charge in [-0.1, -0.05) is 29.4 Å². The molecular formula is C11H9ClN2O2S2. The highest BCUT2D eigenvalue weighted by atomic mass is 35.5. The zero-order chi connectivity index (χ0) is 13.2. The lowest BCUT2D eigenvalue weighted by molar-refractivity contribution is 0.595. The van der Waals surface area contributed by atoms with Crippen molar-refractivity contribution in [2.45, 2.75) is 14.7 Å². The normalized spacial score (nSPS) is 11.4. The van der Waals surface area contributed by atoms with Crippen LogP contribution < -0.4 is 5.14 Å². The zero-order valence-electron chi connectivity index (χ0n) is 9.08.